The molecule has 0 aliphatic heterocycles. The summed E-state index contributed by atoms with van der Waals surface area (Å²) < 4.78 is 0. The molecule has 0 saturated carbocycles. The van der Waals surface area contributed by atoms with Crippen LogP contribution in [0.4, 0.5) is 5.82 Å². The molecule has 0 saturated heterocycles. The van der Waals surface area contributed by atoms with Gasteiger partial charge in [0.2, 0.25) is 0 Å². The molecule has 3 heteroatoms. The highest BCUT2D eigenvalue weighted by Crippen LogP contribution is 2.29. The zero-order chi connectivity index (χ0) is 12.5. The van der Waals surface area contributed by atoms with Gasteiger partial charge < -0.3 is 5.73 Å². The average Bonchev–Trinajstić information content (AvgIpc) is 2.39. The number of hydrogen-bond donors (Lipinski definition) is 1. The lowest BCUT2D eigenvalue weighted by molar-refractivity contribution is 1.41. The number of rotatable bonds is 1. The van der Waals surface area contributed by atoms with Crippen LogP contribution in [-0.2, 0) is 0 Å². The number of anilines is 1. The zero-order valence-electron chi connectivity index (χ0n) is 9.60. The third-order valence-corrected chi connectivity index (χ3v) is 3.13. The molecular formula is C15H11ClN2. The summed E-state index contributed by atoms with van der Waals surface area (Å²) >= 11 is 5.95. The van der Waals surface area contributed by atoms with Gasteiger partial charge in [0.05, 0.1) is 5.52 Å². The molecule has 0 fully saturated rings. The van der Waals surface area contributed by atoms with Crippen molar-refractivity contribution in [2.45, 2.75) is 0 Å². The van der Waals surface area contributed by atoms with Crippen molar-refractivity contribution in [1.29, 1.82) is 0 Å². The number of nitrogens with zero attached hydrogens (tertiary/aromatic N) is 1. The number of halogens is 1. The van der Waals surface area contributed by atoms with Gasteiger partial charge >= 0.3 is 0 Å². The molecule has 1 aromatic heterocycles. The number of nitrogens with two attached hydrogens (primary N) is 1. The lowest BCUT2D eigenvalue weighted by Crippen LogP contribution is -1.94. The molecule has 1 heterocycles. The fourth-order valence-corrected chi connectivity index (χ4v) is 2.17. The molecule has 0 aliphatic carbocycles. The van der Waals surface area contributed by atoms with Gasteiger partial charge in [0, 0.05) is 16.0 Å². The first-order chi connectivity index (χ1) is 8.74. The van der Waals surface area contributed by atoms with Gasteiger partial charge in [-0.2, -0.15) is 0 Å². The summed E-state index contributed by atoms with van der Waals surface area (Å²) in [5.74, 6) is 0.524. The van der Waals surface area contributed by atoms with E-state index in [1.807, 2.05) is 54.6 Å². The minimum atomic E-state index is 0.524. The van der Waals surface area contributed by atoms with E-state index < -0.39 is 0 Å². The number of hydrogen-bond acceptors (Lipinski definition) is 2. The Morgan fingerprint density at radius 1 is 0.944 bits per heavy atom. The second-order valence-electron chi connectivity index (χ2n) is 4.12. The molecule has 18 heavy (non-hydrogen) atoms. The smallest absolute Gasteiger partial charge is 0.131 e. The maximum atomic E-state index is 6.01. The maximum Gasteiger partial charge on any atom is 0.131 e. The minimum Gasteiger partial charge on any atom is -0.383 e. The highest BCUT2D eigenvalue weighted by Gasteiger charge is 2.06. The highest BCUT2D eigenvalue weighted by atomic mass is 35.5. The standard InChI is InChI=1S/C15H11ClN2/c16-12-7-6-11-8-13(10-4-2-1-3-5-10)15(17)18-14(11)9-12/h1-9H,(H2,17,18). The van der Waals surface area contributed by atoms with Gasteiger partial charge in [-0.3, -0.25) is 0 Å². The van der Waals surface area contributed by atoms with Crippen molar-refractivity contribution in [3.8, 4) is 11.1 Å². The molecule has 0 aliphatic rings. The van der Waals surface area contributed by atoms with Crippen LogP contribution in [0.15, 0.2) is 54.6 Å². The van der Waals surface area contributed by atoms with Gasteiger partial charge in [0.15, 0.2) is 0 Å². The van der Waals surface area contributed by atoms with Crippen molar-refractivity contribution in [2.75, 3.05) is 5.73 Å². The second-order valence-corrected chi connectivity index (χ2v) is 4.56. The van der Waals surface area contributed by atoms with Crippen LogP contribution in [0.5, 0.6) is 0 Å². The lowest BCUT2D eigenvalue weighted by Gasteiger charge is -2.07. The molecule has 88 valence electrons. The Hall–Kier alpha value is -2.06. The van der Waals surface area contributed by atoms with Crippen LogP contribution < -0.4 is 5.73 Å². The Bertz CT molecular complexity index is 708. The quantitative estimate of drug-likeness (QED) is 0.709. The van der Waals surface area contributed by atoms with E-state index >= 15 is 0 Å². The summed E-state index contributed by atoms with van der Waals surface area (Å²) in [6.07, 6.45) is 0. The van der Waals surface area contributed by atoms with Crippen LogP contribution in [0, 0.1) is 0 Å². The van der Waals surface area contributed by atoms with Crippen LogP contribution in [0.2, 0.25) is 5.02 Å². The summed E-state index contributed by atoms with van der Waals surface area (Å²) in [7, 11) is 0. The Balaban J connectivity index is 2.25. The van der Waals surface area contributed by atoms with E-state index in [0.717, 1.165) is 22.0 Å². The second kappa shape index (κ2) is 4.31. The number of benzene rings is 2. The monoisotopic (exact) mass is 254 g/mol. The van der Waals surface area contributed by atoms with E-state index in [4.69, 9.17) is 17.3 Å². The van der Waals surface area contributed by atoms with E-state index in [1.165, 1.54) is 0 Å². The van der Waals surface area contributed by atoms with Crippen LogP contribution in [0.3, 0.4) is 0 Å². The molecule has 0 bridgehead atoms. The maximum absolute atomic E-state index is 6.01. The Kier molecular flexibility index (Phi) is 2.65. The van der Waals surface area contributed by atoms with Crippen LogP contribution in [-0.4, -0.2) is 4.98 Å². The lowest BCUT2D eigenvalue weighted by atomic mass is 10.0. The van der Waals surface area contributed by atoms with E-state index in [2.05, 4.69) is 4.98 Å². The van der Waals surface area contributed by atoms with Crippen molar-refractivity contribution in [2.24, 2.45) is 0 Å². The molecule has 3 rings (SSSR count). The van der Waals surface area contributed by atoms with Gasteiger partial charge in [-0.05, 0) is 23.8 Å². The van der Waals surface area contributed by atoms with Gasteiger partial charge in [-0.25, -0.2) is 4.98 Å². The molecule has 0 atom stereocenters. The number of nitrogen functional groups attached to an aromatic ring is 1. The van der Waals surface area contributed by atoms with Crippen molar-refractivity contribution >= 4 is 28.3 Å². The first kappa shape index (κ1) is 11.1. The van der Waals surface area contributed by atoms with E-state index in [1.54, 1.807) is 0 Å². The van der Waals surface area contributed by atoms with Crippen molar-refractivity contribution in [3.63, 3.8) is 0 Å². The van der Waals surface area contributed by atoms with Crippen LogP contribution in [0.25, 0.3) is 22.0 Å². The third-order valence-electron chi connectivity index (χ3n) is 2.89. The van der Waals surface area contributed by atoms with Crippen LogP contribution >= 0.6 is 11.6 Å². The van der Waals surface area contributed by atoms with Gasteiger partial charge in [-0.15, -0.1) is 0 Å². The van der Waals surface area contributed by atoms with E-state index in [0.29, 0.717) is 10.8 Å². The molecule has 2 nitrogen and oxygen atoms in total. The zero-order valence-corrected chi connectivity index (χ0v) is 10.4. The average molecular weight is 255 g/mol. The fraction of sp³-hybridized carbons (Fsp3) is 0. The molecule has 0 unspecified atom stereocenters. The number of pyridine rings is 1. The topological polar surface area (TPSA) is 38.9 Å². The van der Waals surface area contributed by atoms with Gasteiger partial charge in [0.1, 0.15) is 5.82 Å². The van der Waals surface area contributed by atoms with Crippen molar-refractivity contribution < 1.29 is 0 Å². The molecule has 2 N–H and O–H groups in total. The number of aromatic nitrogens is 1. The Labute approximate surface area is 110 Å². The summed E-state index contributed by atoms with van der Waals surface area (Å²) in [5.41, 5.74) is 8.85. The number of fused-ring (bicyclic) bond motifs is 1. The molecule has 2 aromatic carbocycles. The molecular weight excluding hydrogens is 244 g/mol. The molecule has 0 radical (unpaired) electrons. The molecule has 0 spiro atoms. The van der Waals surface area contributed by atoms with Crippen molar-refractivity contribution in [1.82, 2.24) is 4.98 Å². The Morgan fingerprint density at radius 3 is 2.50 bits per heavy atom. The van der Waals surface area contributed by atoms with E-state index in [9.17, 15) is 0 Å². The summed E-state index contributed by atoms with van der Waals surface area (Å²) in [6, 6.07) is 17.7. The molecule has 3 aromatic rings. The summed E-state index contributed by atoms with van der Waals surface area (Å²) in [4.78, 5) is 4.41. The predicted octanol–water partition coefficient (Wildman–Crippen LogP) is 4.14. The van der Waals surface area contributed by atoms with Gasteiger partial charge in [0.25, 0.3) is 0 Å². The predicted molar refractivity (Wildman–Crippen MR) is 76.6 cm³/mol. The summed E-state index contributed by atoms with van der Waals surface area (Å²) in [6.45, 7) is 0. The van der Waals surface area contributed by atoms with E-state index in [-0.39, 0.29) is 0 Å². The molecule has 0 amide bonds. The van der Waals surface area contributed by atoms with Crippen molar-refractivity contribution in [3.05, 3.63) is 59.6 Å². The van der Waals surface area contributed by atoms with Crippen LogP contribution in [0.1, 0.15) is 0 Å². The minimum absolute atomic E-state index is 0.524. The summed E-state index contributed by atoms with van der Waals surface area (Å²) in [5, 5.41) is 1.70. The Morgan fingerprint density at radius 2 is 1.72 bits per heavy atom. The largest absolute Gasteiger partial charge is 0.383 e. The highest BCUT2D eigenvalue weighted by molar-refractivity contribution is 6.31. The normalized spacial score (nSPS) is 10.7. The third kappa shape index (κ3) is 1.91. The first-order valence-corrected chi connectivity index (χ1v) is 6.03. The SMILES string of the molecule is Nc1nc2cc(Cl)ccc2cc1-c1ccccc1. The fourth-order valence-electron chi connectivity index (χ4n) is 2.00. The van der Waals surface area contributed by atoms with Gasteiger partial charge in [-0.1, -0.05) is 48.0 Å². The first-order valence-electron chi connectivity index (χ1n) is 5.65.